The molecule has 0 saturated heterocycles. The molecule has 19 heavy (non-hydrogen) atoms. The maximum absolute atomic E-state index is 11.8. The number of hydrogen-bond donors (Lipinski definition) is 2. The molecule has 0 radical (unpaired) electrons. The van der Waals surface area contributed by atoms with Gasteiger partial charge in [0.05, 0.1) is 0 Å². The monoisotopic (exact) mass is 265 g/mol. The van der Waals surface area contributed by atoms with E-state index in [1.807, 2.05) is 0 Å². The van der Waals surface area contributed by atoms with Crippen LogP contribution in [0.1, 0.15) is 48.8 Å². The van der Waals surface area contributed by atoms with Crippen LogP contribution in [-0.4, -0.2) is 23.5 Å². The van der Waals surface area contributed by atoms with Gasteiger partial charge in [-0.2, -0.15) is 0 Å². The van der Waals surface area contributed by atoms with E-state index < -0.39 is 5.97 Å². The van der Waals surface area contributed by atoms with Gasteiger partial charge < -0.3 is 14.8 Å². The summed E-state index contributed by atoms with van der Waals surface area (Å²) in [5, 5.41) is 11.5. The van der Waals surface area contributed by atoms with Gasteiger partial charge in [0.1, 0.15) is 0 Å². The molecule has 5 heteroatoms. The van der Waals surface area contributed by atoms with Crippen LogP contribution < -0.4 is 5.32 Å². The van der Waals surface area contributed by atoms with E-state index in [9.17, 15) is 9.59 Å². The lowest BCUT2D eigenvalue weighted by molar-refractivity contribution is 0.0659. The number of carboxylic acid groups (broad SMARTS) is 1. The van der Waals surface area contributed by atoms with Gasteiger partial charge in [0, 0.05) is 6.54 Å². The molecule has 1 heterocycles. The third-order valence-electron chi connectivity index (χ3n) is 4.83. The molecule has 2 N–H and O–H groups in total. The van der Waals surface area contributed by atoms with Crippen LogP contribution in [0, 0.1) is 16.7 Å². The summed E-state index contributed by atoms with van der Waals surface area (Å²) >= 11 is 0. The second kappa shape index (κ2) is 4.11. The number of carbonyl (C=O) groups is 2. The molecule has 1 aliphatic carbocycles. The molecule has 1 aliphatic rings. The Balaban J connectivity index is 1.94. The van der Waals surface area contributed by atoms with Crippen LogP contribution in [0.15, 0.2) is 16.5 Å². The van der Waals surface area contributed by atoms with Gasteiger partial charge in [-0.1, -0.05) is 27.7 Å². The second-order valence-electron chi connectivity index (χ2n) is 6.18. The minimum absolute atomic E-state index is 0.0358. The largest absolute Gasteiger partial charge is 0.475 e. The van der Waals surface area contributed by atoms with Crippen molar-refractivity contribution in [3.05, 3.63) is 23.7 Å². The molecule has 0 bridgehead atoms. The van der Waals surface area contributed by atoms with Crippen LogP contribution in [0.4, 0.5) is 0 Å². The number of amides is 1. The summed E-state index contributed by atoms with van der Waals surface area (Å²) in [6.45, 7) is 9.29. The molecule has 0 unspecified atom stereocenters. The smallest absolute Gasteiger partial charge is 0.371 e. The number of nitrogens with one attached hydrogen (secondary N) is 1. The Morgan fingerprint density at radius 1 is 1.21 bits per heavy atom. The van der Waals surface area contributed by atoms with E-state index >= 15 is 0 Å². The first-order valence-corrected chi connectivity index (χ1v) is 6.29. The van der Waals surface area contributed by atoms with Gasteiger partial charge in [0.2, 0.25) is 5.76 Å². The first-order valence-electron chi connectivity index (χ1n) is 6.29. The molecule has 104 valence electrons. The number of hydrogen-bond acceptors (Lipinski definition) is 3. The highest BCUT2D eigenvalue weighted by molar-refractivity contribution is 5.93. The third-order valence-corrected chi connectivity index (χ3v) is 4.83. The van der Waals surface area contributed by atoms with Gasteiger partial charge in [0.25, 0.3) is 5.91 Å². The summed E-state index contributed by atoms with van der Waals surface area (Å²) < 4.78 is 4.95. The Bertz CT molecular complexity index is 513. The van der Waals surface area contributed by atoms with E-state index in [1.165, 1.54) is 12.1 Å². The van der Waals surface area contributed by atoms with Crippen molar-refractivity contribution in [2.75, 3.05) is 6.54 Å². The molecule has 1 fully saturated rings. The predicted molar refractivity (Wildman–Crippen MR) is 69.1 cm³/mol. The van der Waals surface area contributed by atoms with Crippen molar-refractivity contribution in [1.82, 2.24) is 5.32 Å². The summed E-state index contributed by atoms with van der Waals surface area (Å²) in [4.78, 5) is 22.5. The molecular weight excluding hydrogens is 246 g/mol. The molecular formula is C14H19NO4. The molecule has 0 aliphatic heterocycles. The van der Waals surface area contributed by atoms with Gasteiger partial charge in [-0.3, -0.25) is 4.79 Å². The normalized spacial score (nSPS) is 20.0. The highest BCUT2D eigenvalue weighted by Crippen LogP contribution is 2.67. The predicted octanol–water partition coefficient (Wildman–Crippen LogP) is 2.39. The van der Waals surface area contributed by atoms with Crippen LogP contribution in [-0.2, 0) is 0 Å². The van der Waals surface area contributed by atoms with Crippen LogP contribution >= 0.6 is 0 Å². The molecule has 1 saturated carbocycles. The van der Waals surface area contributed by atoms with Crippen molar-refractivity contribution >= 4 is 11.9 Å². The fourth-order valence-corrected chi connectivity index (χ4v) is 2.70. The van der Waals surface area contributed by atoms with Gasteiger partial charge in [-0.05, 0) is 28.9 Å². The van der Waals surface area contributed by atoms with E-state index in [0.29, 0.717) is 12.5 Å². The molecule has 1 aromatic heterocycles. The Morgan fingerprint density at radius 3 is 2.16 bits per heavy atom. The Hall–Kier alpha value is -1.78. The van der Waals surface area contributed by atoms with E-state index in [2.05, 4.69) is 33.0 Å². The van der Waals surface area contributed by atoms with Crippen molar-refractivity contribution in [2.45, 2.75) is 27.7 Å². The summed E-state index contributed by atoms with van der Waals surface area (Å²) in [5.74, 6) is -1.32. The Labute approximate surface area is 112 Å². The van der Waals surface area contributed by atoms with Gasteiger partial charge >= 0.3 is 5.97 Å². The number of carbonyl (C=O) groups excluding carboxylic acids is 1. The first-order chi connectivity index (χ1) is 8.68. The third kappa shape index (κ3) is 2.13. The number of aromatic carboxylic acids is 1. The van der Waals surface area contributed by atoms with E-state index in [0.717, 1.165) is 0 Å². The van der Waals surface area contributed by atoms with Gasteiger partial charge in [-0.25, -0.2) is 4.79 Å². The lowest BCUT2D eigenvalue weighted by atomic mass is 10.0. The van der Waals surface area contributed by atoms with E-state index in [4.69, 9.17) is 9.52 Å². The van der Waals surface area contributed by atoms with Crippen LogP contribution in [0.5, 0.6) is 0 Å². The summed E-state index contributed by atoms with van der Waals surface area (Å²) in [5.41, 5.74) is 0.408. The molecule has 0 atom stereocenters. The average Bonchev–Trinajstić information content (AvgIpc) is 2.72. The van der Waals surface area contributed by atoms with Crippen molar-refractivity contribution < 1.29 is 19.1 Å². The lowest BCUT2D eigenvalue weighted by Gasteiger charge is -2.04. The standard InChI is InChI=1S/C14H19NO4/c1-13(2)10(14(13,3)4)7-15-11(16)8-5-6-9(19-8)12(17)18/h5-6,10H,7H2,1-4H3,(H,15,16)(H,17,18). The van der Waals surface area contributed by atoms with Crippen LogP contribution in [0.2, 0.25) is 0 Å². The average molecular weight is 265 g/mol. The van der Waals surface area contributed by atoms with Gasteiger partial charge in [-0.15, -0.1) is 0 Å². The van der Waals surface area contributed by atoms with Crippen LogP contribution in [0.3, 0.4) is 0 Å². The molecule has 1 aromatic rings. The minimum Gasteiger partial charge on any atom is -0.475 e. The Kier molecular flexibility index (Phi) is 2.96. The lowest BCUT2D eigenvalue weighted by Crippen LogP contribution is -2.26. The fourth-order valence-electron chi connectivity index (χ4n) is 2.70. The zero-order valence-corrected chi connectivity index (χ0v) is 11.6. The van der Waals surface area contributed by atoms with E-state index in [1.54, 1.807) is 0 Å². The second-order valence-corrected chi connectivity index (χ2v) is 6.18. The highest BCUT2D eigenvalue weighted by atomic mass is 16.4. The SMILES string of the molecule is CC1(C)C(CNC(=O)c2ccc(C(=O)O)o2)C1(C)C. The first kappa shape index (κ1) is 13.6. The summed E-state index contributed by atoms with van der Waals surface area (Å²) in [7, 11) is 0. The zero-order valence-electron chi connectivity index (χ0n) is 11.6. The van der Waals surface area contributed by atoms with Crippen molar-refractivity contribution in [1.29, 1.82) is 0 Å². The Morgan fingerprint density at radius 2 is 1.74 bits per heavy atom. The molecule has 0 aromatic carbocycles. The number of carboxylic acids is 1. The van der Waals surface area contributed by atoms with Crippen molar-refractivity contribution in [3.63, 3.8) is 0 Å². The summed E-state index contributed by atoms with van der Waals surface area (Å²) in [6, 6.07) is 2.66. The molecule has 0 spiro atoms. The highest BCUT2D eigenvalue weighted by Gasteiger charge is 2.64. The number of rotatable bonds is 4. The molecule has 5 nitrogen and oxygen atoms in total. The maximum atomic E-state index is 11.8. The van der Waals surface area contributed by atoms with E-state index in [-0.39, 0.29) is 28.3 Å². The molecule has 1 amide bonds. The summed E-state index contributed by atoms with van der Waals surface area (Å²) in [6.07, 6.45) is 0. The van der Waals surface area contributed by atoms with Crippen molar-refractivity contribution in [3.8, 4) is 0 Å². The minimum atomic E-state index is -1.18. The maximum Gasteiger partial charge on any atom is 0.371 e. The molecule has 2 rings (SSSR count). The zero-order chi connectivity index (χ0) is 14.4. The van der Waals surface area contributed by atoms with Gasteiger partial charge in [0.15, 0.2) is 5.76 Å². The van der Waals surface area contributed by atoms with Crippen LogP contribution in [0.25, 0.3) is 0 Å². The topological polar surface area (TPSA) is 79.5 Å². The fraction of sp³-hybridized carbons (Fsp3) is 0.571. The quantitative estimate of drug-likeness (QED) is 0.876. The van der Waals surface area contributed by atoms with Crippen molar-refractivity contribution in [2.24, 2.45) is 16.7 Å². The number of furan rings is 1.